The van der Waals surface area contributed by atoms with E-state index in [9.17, 15) is 18.4 Å². The molecule has 3 aliphatic rings. The van der Waals surface area contributed by atoms with E-state index in [4.69, 9.17) is 5.73 Å². The maximum Gasteiger partial charge on any atom is 0.265 e. The first-order valence-corrected chi connectivity index (χ1v) is 13.0. The summed E-state index contributed by atoms with van der Waals surface area (Å²) >= 11 is 3.43. The maximum absolute atomic E-state index is 14.1. The molecule has 1 aromatic heterocycles. The lowest BCUT2D eigenvalue weighted by Gasteiger charge is -2.34. The van der Waals surface area contributed by atoms with Crippen molar-refractivity contribution in [3.8, 4) is 0 Å². The van der Waals surface area contributed by atoms with Gasteiger partial charge in [-0.05, 0) is 24.6 Å². The summed E-state index contributed by atoms with van der Waals surface area (Å²) in [5, 5.41) is 3.00. The number of hydrogen-bond acceptors (Lipinski definition) is 5. The van der Waals surface area contributed by atoms with Gasteiger partial charge in [-0.1, -0.05) is 15.9 Å². The van der Waals surface area contributed by atoms with Gasteiger partial charge in [0.05, 0.1) is 30.0 Å². The number of nitrogens with zero attached hydrogens (tertiary/aromatic N) is 4. The smallest absolute Gasteiger partial charge is 0.265 e. The highest BCUT2D eigenvalue weighted by Crippen LogP contribution is 2.46. The average molecular weight is 564 g/mol. The van der Waals surface area contributed by atoms with E-state index in [2.05, 4.69) is 26.2 Å². The molecule has 2 amide bonds. The Morgan fingerprint density at radius 2 is 1.94 bits per heavy atom. The van der Waals surface area contributed by atoms with Gasteiger partial charge < -0.3 is 20.9 Å². The largest absolute Gasteiger partial charge is 0.394 e. The molecule has 4 heterocycles. The van der Waals surface area contributed by atoms with Crippen molar-refractivity contribution in [2.75, 3.05) is 57.4 Å². The Morgan fingerprint density at radius 3 is 2.64 bits per heavy atom. The summed E-state index contributed by atoms with van der Waals surface area (Å²) in [5.41, 5.74) is 9.30. The number of nitrogens with one attached hydrogen (secondary N) is 1. The minimum absolute atomic E-state index is 0.0622. The number of quaternary nitrogens is 1. The van der Waals surface area contributed by atoms with Crippen molar-refractivity contribution in [2.24, 2.45) is 0 Å². The van der Waals surface area contributed by atoms with Gasteiger partial charge in [-0.15, -0.1) is 0 Å². The minimum atomic E-state index is -2.89. The molecule has 192 valence electrons. The van der Waals surface area contributed by atoms with Crippen molar-refractivity contribution < 1.29 is 18.4 Å². The Labute approximate surface area is 217 Å². The monoisotopic (exact) mass is 563 g/mol. The highest BCUT2D eigenvalue weighted by molar-refractivity contribution is 9.10. The van der Waals surface area contributed by atoms with Crippen molar-refractivity contribution in [2.45, 2.75) is 31.2 Å². The van der Waals surface area contributed by atoms with Crippen molar-refractivity contribution in [1.29, 1.82) is 0 Å². The van der Waals surface area contributed by atoms with Crippen LogP contribution in [0.2, 0.25) is 0 Å². The van der Waals surface area contributed by atoms with E-state index in [1.54, 1.807) is 37.6 Å². The van der Waals surface area contributed by atoms with Crippen molar-refractivity contribution in [3.05, 3.63) is 46.2 Å². The molecular formula is C25H30BrF2N6O2+. The third-order valence-corrected chi connectivity index (χ3v) is 8.05. The number of halogens is 3. The van der Waals surface area contributed by atoms with Gasteiger partial charge in [0, 0.05) is 49.8 Å². The van der Waals surface area contributed by atoms with Crippen LogP contribution in [0.15, 0.2) is 35.1 Å². The topological polar surface area (TPSA) is 91.6 Å². The van der Waals surface area contributed by atoms with E-state index >= 15 is 0 Å². The SMILES string of the molecule is CNc1cncc(C(=O)N2CC[C@@H]([N+]3(c4c(N)cc(Br)cc4C(=O)N4CCCC(F)(F)C4)CC3)C2)c1. The van der Waals surface area contributed by atoms with Crippen molar-refractivity contribution >= 4 is 44.8 Å². The molecule has 0 aliphatic carbocycles. The van der Waals surface area contributed by atoms with Crippen LogP contribution in [0, 0.1) is 0 Å². The van der Waals surface area contributed by atoms with Gasteiger partial charge in [-0.25, -0.2) is 8.78 Å². The minimum Gasteiger partial charge on any atom is -0.394 e. The van der Waals surface area contributed by atoms with Crippen LogP contribution >= 0.6 is 15.9 Å². The number of hydrogen-bond donors (Lipinski definition) is 2. The van der Waals surface area contributed by atoms with Crippen LogP contribution in [-0.4, -0.2) is 84.9 Å². The molecule has 1 aromatic carbocycles. The molecule has 3 N–H and O–H groups in total. The first-order valence-electron chi connectivity index (χ1n) is 12.2. The summed E-state index contributed by atoms with van der Waals surface area (Å²) < 4.78 is 29.3. The molecule has 8 nitrogen and oxygen atoms in total. The number of nitrogens with two attached hydrogens (primary N) is 1. The van der Waals surface area contributed by atoms with Crippen LogP contribution in [0.4, 0.5) is 25.8 Å². The third kappa shape index (κ3) is 4.54. The van der Waals surface area contributed by atoms with Gasteiger partial charge in [0.1, 0.15) is 24.7 Å². The summed E-state index contributed by atoms with van der Waals surface area (Å²) in [6.07, 6.45) is 4.04. The molecule has 0 spiro atoms. The van der Waals surface area contributed by atoms with Gasteiger partial charge in [-0.3, -0.25) is 19.1 Å². The zero-order chi connectivity index (χ0) is 25.7. The Bertz CT molecular complexity index is 1210. The first-order chi connectivity index (χ1) is 17.1. The van der Waals surface area contributed by atoms with Gasteiger partial charge in [0.15, 0.2) is 5.69 Å². The van der Waals surface area contributed by atoms with Gasteiger partial charge in [0.2, 0.25) is 0 Å². The molecule has 36 heavy (non-hydrogen) atoms. The van der Waals surface area contributed by atoms with E-state index in [1.165, 1.54) is 4.90 Å². The average Bonchev–Trinajstić information content (AvgIpc) is 3.48. The molecule has 3 fully saturated rings. The number of piperidine rings is 1. The normalized spacial score (nSPS) is 22.4. The number of carbonyl (C=O) groups is 2. The number of anilines is 2. The second-order valence-corrected chi connectivity index (χ2v) is 10.9. The fourth-order valence-electron chi connectivity index (χ4n) is 5.67. The lowest BCUT2D eigenvalue weighted by atomic mass is 10.0. The number of aromatic nitrogens is 1. The standard InChI is InChI=1S/C25H30BrF2N6O2/c1-30-18-9-16(12-31-13-18)23(35)32-6-3-19(14-32)34(7-8-34)22-20(10-17(26)11-21(22)29)24(36)33-5-2-4-25(27,28)15-33/h9-13,19,30H,2-8,14-15,29H2,1H3/q+1/t19-/m1/s1. The first kappa shape index (κ1) is 24.9. The number of nitrogen functional groups attached to an aromatic ring is 1. The lowest BCUT2D eigenvalue weighted by molar-refractivity contribution is -0.0560. The summed E-state index contributed by atoms with van der Waals surface area (Å²) in [4.78, 5) is 34.0. The highest BCUT2D eigenvalue weighted by atomic mass is 79.9. The zero-order valence-electron chi connectivity index (χ0n) is 20.1. The van der Waals surface area contributed by atoms with E-state index in [0.717, 1.165) is 25.2 Å². The molecule has 1 atom stereocenters. The summed E-state index contributed by atoms with van der Waals surface area (Å²) in [6.45, 7) is 2.39. The summed E-state index contributed by atoms with van der Waals surface area (Å²) in [6, 6.07) is 5.31. The van der Waals surface area contributed by atoms with Crippen LogP contribution in [0.25, 0.3) is 0 Å². The number of benzene rings is 1. The molecule has 3 aliphatic heterocycles. The van der Waals surface area contributed by atoms with E-state index in [0.29, 0.717) is 51.1 Å². The van der Waals surface area contributed by atoms with Crippen molar-refractivity contribution in [1.82, 2.24) is 19.3 Å². The highest BCUT2D eigenvalue weighted by Gasteiger charge is 2.56. The third-order valence-electron chi connectivity index (χ3n) is 7.59. The molecule has 5 rings (SSSR count). The number of amides is 2. The number of pyridine rings is 1. The Kier molecular flexibility index (Phi) is 6.40. The number of rotatable bonds is 5. The zero-order valence-corrected chi connectivity index (χ0v) is 21.7. The van der Waals surface area contributed by atoms with Crippen LogP contribution in [-0.2, 0) is 0 Å². The molecule has 2 aromatic rings. The molecule has 0 bridgehead atoms. The molecule has 0 unspecified atom stereocenters. The molecule has 3 saturated heterocycles. The van der Waals surface area contributed by atoms with Crippen LogP contribution in [0.1, 0.15) is 40.0 Å². The van der Waals surface area contributed by atoms with Gasteiger partial charge in [0.25, 0.3) is 17.7 Å². The predicted octanol–water partition coefficient (Wildman–Crippen LogP) is 3.57. The van der Waals surface area contributed by atoms with E-state index in [1.807, 2.05) is 4.90 Å². The van der Waals surface area contributed by atoms with Crippen molar-refractivity contribution in [3.63, 3.8) is 0 Å². The van der Waals surface area contributed by atoms with Gasteiger partial charge >= 0.3 is 0 Å². The molecule has 11 heteroatoms. The molecule has 0 saturated carbocycles. The molecule has 0 radical (unpaired) electrons. The Morgan fingerprint density at radius 1 is 1.17 bits per heavy atom. The lowest BCUT2D eigenvalue weighted by Crippen LogP contribution is -2.47. The number of carbonyl (C=O) groups excluding carboxylic acids is 2. The summed E-state index contributed by atoms with van der Waals surface area (Å²) in [7, 11) is 1.78. The number of alkyl halides is 2. The predicted molar refractivity (Wildman–Crippen MR) is 138 cm³/mol. The van der Waals surface area contributed by atoms with Crippen LogP contribution < -0.4 is 15.5 Å². The van der Waals surface area contributed by atoms with Crippen LogP contribution in [0.3, 0.4) is 0 Å². The Hall–Kier alpha value is -2.79. The Balaban J connectivity index is 1.42. The fraction of sp³-hybridized carbons (Fsp3) is 0.480. The quantitative estimate of drug-likeness (QED) is 0.329. The van der Waals surface area contributed by atoms with E-state index < -0.39 is 18.4 Å². The number of likely N-dealkylation sites (tertiary alicyclic amines) is 2. The summed E-state index contributed by atoms with van der Waals surface area (Å²) in [5.74, 6) is -3.39. The van der Waals surface area contributed by atoms with Gasteiger partial charge in [-0.2, -0.15) is 0 Å². The van der Waals surface area contributed by atoms with Crippen LogP contribution in [0.5, 0.6) is 0 Å². The fourth-order valence-corrected chi connectivity index (χ4v) is 6.15. The second kappa shape index (κ2) is 9.26. The van der Waals surface area contributed by atoms with E-state index in [-0.39, 0.29) is 24.8 Å². The maximum atomic E-state index is 14.1. The second-order valence-electron chi connectivity index (χ2n) is 9.96. The molecular weight excluding hydrogens is 534 g/mol.